The lowest BCUT2D eigenvalue weighted by Gasteiger charge is -2.27. The van der Waals surface area contributed by atoms with Gasteiger partial charge in [0.15, 0.2) is 11.6 Å². The van der Waals surface area contributed by atoms with Crippen molar-refractivity contribution >= 4 is 40.0 Å². The first-order valence-electron chi connectivity index (χ1n) is 13.2. The second-order valence-electron chi connectivity index (χ2n) is 10.7. The Bertz CT molecular complexity index is 1560. The zero-order chi connectivity index (χ0) is 27.8. The molecule has 1 aliphatic rings. The Kier molecular flexibility index (Phi) is 7.53. The fourth-order valence-electron chi connectivity index (χ4n) is 5.65. The van der Waals surface area contributed by atoms with E-state index in [1.807, 2.05) is 27.0 Å². The Hall–Kier alpha value is -3.59. The Balaban J connectivity index is 1.33. The van der Waals surface area contributed by atoms with E-state index in [0.717, 1.165) is 30.3 Å². The number of aromatic nitrogens is 4. The third-order valence-corrected chi connectivity index (χ3v) is 7.74. The Morgan fingerprint density at radius 1 is 1.23 bits per heavy atom. The van der Waals surface area contributed by atoms with Crippen LogP contribution in [0.15, 0.2) is 35.0 Å². The number of anilines is 1. The van der Waals surface area contributed by atoms with E-state index in [1.165, 1.54) is 12.3 Å². The van der Waals surface area contributed by atoms with Crippen molar-refractivity contribution in [2.45, 2.75) is 58.8 Å². The number of nitrogens with zero attached hydrogens (tertiary/aromatic N) is 4. The second kappa shape index (κ2) is 10.9. The van der Waals surface area contributed by atoms with Crippen LogP contribution in [0.4, 0.5) is 10.2 Å². The van der Waals surface area contributed by atoms with Gasteiger partial charge >= 0.3 is 0 Å². The van der Waals surface area contributed by atoms with E-state index in [0.29, 0.717) is 51.8 Å². The smallest absolute Gasteiger partial charge is 0.228 e. The van der Waals surface area contributed by atoms with Crippen LogP contribution in [0.3, 0.4) is 0 Å². The SMILES string of the molecule is Cc1cc(C(=O)C[C@@H]2CCC[C@H](C(=O)Nc3cc(-c4cc(F)c5nn(C)c(C(C)C)c5c4)c(Cl)cn3)C2)no1. The van der Waals surface area contributed by atoms with Crippen LogP contribution in [-0.4, -0.2) is 31.6 Å². The summed E-state index contributed by atoms with van der Waals surface area (Å²) in [6.07, 6.45) is 4.88. The van der Waals surface area contributed by atoms with Crippen LogP contribution in [0.1, 0.15) is 73.8 Å². The number of carbonyl (C=O) groups is 2. The summed E-state index contributed by atoms with van der Waals surface area (Å²) in [7, 11) is 1.81. The van der Waals surface area contributed by atoms with Gasteiger partial charge in [-0.15, -0.1) is 0 Å². The summed E-state index contributed by atoms with van der Waals surface area (Å²) in [5.74, 6) is 0.274. The summed E-state index contributed by atoms with van der Waals surface area (Å²) >= 11 is 6.48. The molecule has 10 heteroatoms. The molecule has 4 aromatic rings. The zero-order valence-electron chi connectivity index (χ0n) is 22.4. The number of aryl methyl sites for hydroxylation is 2. The molecule has 0 spiro atoms. The second-order valence-corrected chi connectivity index (χ2v) is 11.1. The average Bonchev–Trinajstić information content (AvgIpc) is 3.48. The van der Waals surface area contributed by atoms with Gasteiger partial charge in [0.2, 0.25) is 5.91 Å². The molecule has 0 aliphatic heterocycles. The molecular formula is C29H31ClFN5O3. The highest BCUT2D eigenvalue weighted by Gasteiger charge is 2.30. The van der Waals surface area contributed by atoms with Crippen LogP contribution >= 0.6 is 11.6 Å². The lowest BCUT2D eigenvalue weighted by molar-refractivity contribution is -0.121. The molecule has 0 unspecified atom stereocenters. The van der Waals surface area contributed by atoms with E-state index >= 15 is 4.39 Å². The Morgan fingerprint density at radius 2 is 2.03 bits per heavy atom. The van der Waals surface area contributed by atoms with E-state index in [4.69, 9.17) is 16.1 Å². The van der Waals surface area contributed by atoms with E-state index < -0.39 is 5.82 Å². The number of benzene rings is 1. The molecule has 3 heterocycles. The van der Waals surface area contributed by atoms with Crippen molar-refractivity contribution in [1.29, 1.82) is 0 Å². The standard InChI is InChI=1S/C29H31ClFN5O3/c1-15(2)28-21-11-19(12-23(31)27(21)34-36(28)4)20-13-26(32-14-22(20)30)33-29(38)18-7-5-6-17(9-18)10-25(37)24-8-16(3)39-35-24/h8,11-15,17-18H,5-7,9-10H2,1-4H3,(H,32,33,38)/t17-,18+/m1/s1. The van der Waals surface area contributed by atoms with Crippen molar-refractivity contribution < 1.29 is 18.5 Å². The lowest BCUT2D eigenvalue weighted by atomic mass is 9.78. The monoisotopic (exact) mass is 551 g/mol. The Morgan fingerprint density at radius 3 is 2.74 bits per heavy atom. The van der Waals surface area contributed by atoms with Crippen molar-refractivity contribution in [3.8, 4) is 11.1 Å². The van der Waals surface area contributed by atoms with Gasteiger partial charge in [0.25, 0.3) is 0 Å². The fraction of sp³-hybridized carbons (Fsp3) is 0.414. The van der Waals surface area contributed by atoms with Gasteiger partial charge in [-0.1, -0.05) is 37.0 Å². The number of amides is 1. The van der Waals surface area contributed by atoms with Gasteiger partial charge in [-0.25, -0.2) is 9.37 Å². The topological polar surface area (TPSA) is 103 Å². The van der Waals surface area contributed by atoms with Crippen LogP contribution in [0.25, 0.3) is 22.0 Å². The Labute approximate surface area is 230 Å². The quantitative estimate of drug-likeness (QED) is 0.251. The number of ketones is 1. The molecule has 0 saturated heterocycles. The van der Waals surface area contributed by atoms with Gasteiger partial charge < -0.3 is 9.84 Å². The maximum Gasteiger partial charge on any atom is 0.228 e. The molecule has 0 bridgehead atoms. The van der Waals surface area contributed by atoms with Gasteiger partial charge in [0.05, 0.1) is 5.02 Å². The number of pyridine rings is 1. The minimum Gasteiger partial charge on any atom is -0.361 e. The number of hydrogen-bond acceptors (Lipinski definition) is 6. The molecule has 1 fully saturated rings. The molecule has 204 valence electrons. The van der Waals surface area contributed by atoms with Gasteiger partial charge in [-0.2, -0.15) is 5.10 Å². The van der Waals surface area contributed by atoms with Crippen molar-refractivity contribution in [2.24, 2.45) is 18.9 Å². The third kappa shape index (κ3) is 5.59. The highest BCUT2D eigenvalue weighted by atomic mass is 35.5. The first kappa shape index (κ1) is 27.0. The lowest BCUT2D eigenvalue weighted by Crippen LogP contribution is -2.29. The number of halogens is 2. The molecule has 39 heavy (non-hydrogen) atoms. The average molecular weight is 552 g/mol. The molecule has 1 N–H and O–H groups in total. The number of hydrogen-bond donors (Lipinski definition) is 1. The van der Waals surface area contributed by atoms with Crippen molar-refractivity contribution in [3.63, 3.8) is 0 Å². The van der Waals surface area contributed by atoms with Crippen molar-refractivity contribution in [1.82, 2.24) is 19.9 Å². The summed E-state index contributed by atoms with van der Waals surface area (Å²) < 4.78 is 21.8. The van der Waals surface area contributed by atoms with Gasteiger partial charge in [-0.3, -0.25) is 14.3 Å². The number of Topliss-reactive ketones (excluding diaryl/α,β-unsaturated/α-hetero) is 1. The number of fused-ring (bicyclic) bond motifs is 1. The molecule has 8 nitrogen and oxygen atoms in total. The molecular weight excluding hydrogens is 521 g/mol. The highest BCUT2D eigenvalue weighted by Crippen LogP contribution is 2.36. The number of carbonyl (C=O) groups excluding carboxylic acids is 2. The number of rotatable bonds is 7. The largest absolute Gasteiger partial charge is 0.361 e. The van der Waals surface area contributed by atoms with Crippen LogP contribution in [0.5, 0.6) is 0 Å². The van der Waals surface area contributed by atoms with Crippen LogP contribution < -0.4 is 5.32 Å². The van der Waals surface area contributed by atoms with E-state index in [2.05, 4.69) is 20.6 Å². The molecule has 1 saturated carbocycles. The molecule has 1 amide bonds. The summed E-state index contributed by atoms with van der Waals surface area (Å²) in [4.78, 5) is 30.1. The number of nitrogens with one attached hydrogen (secondary N) is 1. The molecule has 0 radical (unpaired) electrons. The summed E-state index contributed by atoms with van der Waals surface area (Å²) in [5.41, 5.74) is 2.72. The van der Waals surface area contributed by atoms with E-state index in [1.54, 1.807) is 23.7 Å². The van der Waals surface area contributed by atoms with E-state index in [9.17, 15) is 9.59 Å². The zero-order valence-corrected chi connectivity index (χ0v) is 23.2. The van der Waals surface area contributed by atoms with Crippen molar-refractivity contribution in [3.05, 3.63) is 58.5 Å². The predicted molar refractivity (Wildman–Crippen MR) is 147 cm³/mol. The van der Waals surface area contributed by atoms with Gasteiger partial charge in [0, 0.05) is 48.3 Å². The predicted octanol–water partition coefficient (Wildman–Crippen LogP) is 6.87. The maximum atomic E-state index is 15.1. The minimum atomic E-state index is -0.438. The molecule has 2 atom stereocenters. The highest BCUT2D eigenvalue weighted by molar-refractivity contribution is 6.33. The van der Waals surface area contributed by atoms with Crippen LogP contribution in [0.2, 0.25) is 5.02 Å². The maximum absolute atomic E-state index is 15.1. The summed E-state index contributed by atoms with van der Waals surface area (Å²) in [5, 5.41) is 12.2. The molecule has 3 aromatic heterocycles. The summed E-state index contributed by atoms with van der Waals surface area (Å²) in [6.45, 7) is 5.82. The molecule has 1 aliphatic carbocycles. The summed E-state index contributed by atoms with van der Waals surface area (Å²) in [6, 6.07) is 6.60. The first-order chi connectivity index (χ1) is 18.6. The van der Waals surface area contributed by atoms with Crippen LogP contribution in [-0.2, 0) is 11.8 Å². The third-order valence-electron chi connectivity index (χ3n) is 7.44. The first-order valence-corrected chi connectivity index (χ1v) is 13.6. The normalized spacial score (nSPS) is 17.6. The van der Waals surface area contributed by atoms with Gasteiger partial charge in [0.1, 0.15) is 22.8 Å². The molecule has 1 aromatic carbocycles. The minimum absolute atomic E-state index is 0.0691. The van der Waals surface area contributed by atoms with Gasteiger partial charge in [-0.05, 0) is 61.8 Å². The van der Waals surface area contributed by atoms with Crippen molar-refractivity contribution in [2.75, 3.05) is 5.32 Å². The van der Waals surface area contributed by atoms with E-state index in [-0.39, 0.29) is 29.4 Å². The molecule has 5 rings (SSSR count). The fourth-order valence-corrected chi connectivity index (χ4v) is 5.86. The van der Waals surface area contributed by atoms with Crippen LogP contribution in [0, 0.1) is 24.6 Å².